The number of allylic oxidation sites excluding steroid dienone is 1. The minimum Gasteiger partial charge on any atom is -0.497 e. The Labute approximate surface area is 151 Å². The molecule has 0 saturated heterocycles. The lowest BCUT2D eigenvalue weighted by atomic mass is 9.90. The molecule has 7 heteroatoms. The summed E-state index contributed by atoms with van der Waals surface area (Å²) in [6.07, 6.45) is 1.73. The number of nitrogens with one attached hydrogen (secondary N) is 1. The lowest BCUT2D eigenvalue weighted by Crippen LogP contribution is -2.42. The van der Waals surface area contributed by atoms with Crippen LogP contribution in [-0.2, 0) is 19.1 Å². The molecule has 1 aliphatic carbocycles. The second-order valence-electron chi connectivity index (χ2n) is 6.70. The van der Waals surface area contributed by atoms with Crippen molar-refractivity contribution in [1.82, 2.24) is 0 Å². The third kappa shape index (κ3) is 3.24. The average Bonchev–Trinajstić information content (AvgIpc) is 2.82. The van der Waals surface area contributed by atoms with E-state index in [1.165, 1.54) is 13.8 Å². The highest BCUT2D eigenvalue weighted by molar-refractivity contribution is 6.08. The number of hydrogen-bond acceptors (Lipinski definition) is 7. The summed E-state index contributed by atoms with van der Waals surface area (Å²) in [5.41, 5.74) is 1.07. The standard InChI is InChI=1S/C19H21NO6/c1-10-9-13(20-11-5-7-12(24-4)8-6-11)14(16(10)21)15-17(22)25-19(2,3)26-18(15)23/h5-9,13-14,20,22H,1-4H3/t13-,14-/m1/s1. The van der Waals surface area contributed by atoms with Crippen molar-refractivity contribution >= 4 is 17.4 Å². The quantitative estimate of drug-likeness (QED) is 0.798. The van der Waals surface area contributed by atoms with Crippen molar-refractivity contribution in [2.75, 3.05) is 12.4 Å². The maximum absolute atomic E-state index is 12.6. The number of benzene rings is 1. The fraction of sp³-hybridized carbons (Fsp3) is 0.368. The first-order chi connectivity index (χ1) is 12.2. The van der Waals surface area contributed by atoms with Gasteiger partial charge in [0.1, 0.15) is 11.3 Å². The van der Waals surface area contributed by atoms with Crippen LogP contribution in [0.2, 0.25) is 0 Å². The molecule has 1 aromatic carbocycles. The van der Waals surface area contributed by atoms with Crippen molar-refractivity contribution in [2.24, 2.45) is 5.92 Å². The summed E-state index contributed by atoms with van der Waals surface area (Å²) in [5.74, 6) is -3.11. The normalized spacial score (nSPS) is 24.7. The molecule has 1 heterocycles. The number of esters is 1. The molecule has 1 aliphatic heterocycles. The van der Waals surface area contributed by atoms with Crippen LogP contribution in [-0.4, -0.2) is 35.8 Å². The molecule has 2 N–H and O–H groups in total. The molecule has 0 amide bonds. The van der Waals surface area contributed by atoms with E-state index in [0.717, 1.165) is 5.69 Å². The molecule has 1 aromatic rings. The molecule has 0 saturated carbocycles. The zero-order chi connectivity index (χ0) is 19.1. The Bertz CT molecular complexity index is 806. The van der Waals surface area contributed by atoms with Gasteiger partial charge in [0.05, 0.1) is 19.1 Å². The van der Waals surface area contributed by atoms with Gasteiger partial charge in [-0.1, -0.05) is 6.08 Å². The number of aliphatic hydroxyl groups is 1. The molecule has 0 unspecified atom stereocenters. The summed E-state index contributed by atoms with van der Waals surface area (Å²) >= 11 is 0. The first kappa shape index (κ1) is 17.8. The van der Waals surface area contributed by atoms with E-state index in [0.29, 0.717) is 11.3 Å². The Morgan fingerprint density at radius 3 is 2.38 bits per heavy atom. The first-order valence-corrected chi connectivity index (χ1v) is 8.20. The van der Waals surface area contributed by atoms with Crippen molar-refractivity contribution in [1.29, 1.82) is 0 Å². The van der Waals surface area contributed by atoms with Gasteiger partial charge in [0.25, 0.3) is 11.7 Å². The summed E-state index contributed by atoms with van der Waals surface area (Å²) in [4.78, 5) is 25.0. The maximum Gasteiger partial charge on any atom is 0.345 e. The van der Waals surface area contributed by atoms with Crippen molar-refractivity contribution in [2.45, 2.75) is 32.6 Å². The van der Waals surface area contributed by atoms with Gasteiger partial charge in [-0.2, -0.15) is 0 Å². The van der Waals surface area contributed by atoms with Crippen LogP contribution < -0.4 is 10.1 Å². The molecule has 2 aliphatic rings. The first-order valence-electron chi connectivity index (χ1n) is 8.20. The molecular formula is C19H21NO6. The lowest BCUT2D eigenvalue weighted by molar-refractivity contribution is -0.223. The predicted molar refractivity (Wildman–Crippen MR) is 93.6 cm³/mol. The van der Waals surface area contributed by atoms with Crippen LogP contribution in [0.25, 0.3) is 0 Å². The number of Topliss-reactive ketones (excluding diaryl/α,β-unsaturated/α-hetero) is 1. The second-order valence-corrected chi connectivity index (χ2v) is 6.70. The number of ketones is 1. The van der Waals surface area contributed by atoms with Crippen LogP contribution in [0.3, 0.4) is 0 Å². The maximum atomic E-state index is 12.6. The number of cyclic esters (lactones) is 1. The van der Waals surface area contributed by atoms with Crippen molar-refractivity contribution in [3.05, 3.63) is 47.4 Å². The van der Waals surface area contributed by atoms with Crippen LogP contribution in [0.4, 0.5) is 5.69 Å². The number of methoxy groups -OCH3 is 1. The van der Waals surface area contributed by atoms with Gasteiger partial charge in [-0.3, -0.25) is 4.79 Å². The van der Waals surface area contributed by atoms with Crippen molar-refractivity contribution < 1.29 is 28.9 Å². The van der Waals surface area contributed by atoms with Gasteiger partial charge in [0, 0.05) is 19.5 Å². The SMILES string of the molecule is COc1ccc(N[C@@H]2C=C(C)C(=O)[C@H]2C2=C(O)OC(C)(C)OC2=O)cc1. The Morgan fingerprint density at radius 1 is 1.15 bits per heavy atom. The van der Waals surface area contributed by atoms with Crippen molar-refractivity contribution in [3.63, 3.8) is 0 Å². The Balaban J connectivity index is 1.91. The van der Waals surface area contributed by atoms with Crippen LogP contribution in [0.5, 0.6) is 5.75 Å². The topological polar surface area (TPSA) is 94.1 Å². The van der Waals surface area contributed by atoms with Crippen molar-refractivity contribution in [3.8, 4) is 5.75 Å². The molecule has 0 spiro atoms. The van der Waals surface area contributed by atoms with E-state index in [4.69, 9.17) is 14.2 Å². The fourth-order valence-electron chi connectivity index (χ4n) is 3.11. The Morgan fingerprint density at radius 2 is 1.81 bits per heavy atom. The molecule has 3 rings (SSSR count). The highest BCUT2D eigenvalue weighted by Gasteiger charge is 2.47. The molecule has 2 atom stereocenters. The number of carbonyl (C=O) groups excluding carboxylic acids is 2. The number of ether oxygens (including phenoxy) is 3. The van der Waals surface area contributed by atoms with Crippen LogP contribution in [0, 0.1) is 5.92 Å². The molecule has 0 radical (unpaired) electrons. The zero-order valence-corrected chi connectivity index (χ0v) is 15.0. The fourth-order valence-corrected chi connectivity index (χ4v) is 3.11. The van der Waals surface area contributed by atoms with E-state index >= 15 is 0 Å². The zero-order valence-electron chi connectivity index (χ0n) is 15.0. The monoisotopic (exact) mass is 359 g/mol. The van der Waals surface area contributed by atoms with E-state index in [1.807, 2.05) is 0 Å². The molecule has 7 nitrogen and oxygen atoms in total. The largest absolute Gasteiger partial charge is 0.497 e. The number of carbonyl (C=O) groups is 2. The summed E-state index contributed by atoms with van der Waals surface area (Å²) in [6, 6.07) is 6.64. The molecular weight excluding hydrogens is 338 g/mol. The minimum absolute atomic E-state index is 0.173. The van der Waals surface area contributed by atoms with Gasteiger partial charge < -0.3 is 24.6 Å². The highest BCUT2D eigenvalue weighted by atomic mass is 16.8. The highest BCUT2D eigenvalue weighted by Crippen LogP contribution is 2.36. The number of aliphatic hydroxyl groups excluding tert-OH is 1. The lowest BCUT2D eigenvalue weighted by Gasteiger charge is -2.33. The summed E-state index contributed by atoms with van der Waals surface area (Å²) in [6.45, 7) is 4.68. The van der Waals surface area contributed by atoms with E-state index in [1.54, 1.807) is 44.4 Å². The van der Waals surface area contributed by atoms with E-state index < -0.39 is 29.7 Å². The van der Waals surface area contributed by atoms with Gasteiger partial charge >= 0.3 is 5.97 Å². The average molecular weight is 359 g/mol. The summed E-state index contributed by atoms with van der Waals surface area (Å²) in [7, 11) is 1.58. The molecule has 0 fully saturated rings. The molecule has 0 bridgehead atoms. The predicted octanol–water partition coefficient (Wildman–Crippen LogP) is 2.70. The van der Waals surface area contributed by atoms with Gasteiger partial charge in [0.15, 0.2) is 5.78 Å². The third-order valence-electron chi connectivity index (χ3n) is 4.33. The number of rotatable bonds is 4. The van der Waals surface area contributed by atoms with Gasteiger partial charge in [0.2, 0.25) is 0 Å². The Hall–Kier alpha value is -2.96. The molecule has 0 aromatic heterocycles. The van der Waals surface area contributed by atoms with E-state index in [9.17, 15) is 14.7 Å². The van der Waals surface area contributed by atoms with Gasteiger partial charge in [-0.25, -0.2) is 4.79 Å². The minimum atomic E-state index is -1.28. The Kier molecular flexibility index (Phi) is 4.39. The molecule has 26 heavy (non-hydrogen) atoms. The number of hydrogen-bond donors (Lipinski definition) is 2. The summed E-state index contributed by atoms with van der Waals surface area (Å²) in [5, 5.41) is 13.4. The summed E-state index contributed by atoms with van der Waals surface area (Å²) < 4.78 is 15.6. The smallest absolute Gasteiger partial charge is 0.345 e. The van der Waals surface area contributed by atoms with E-state index in [-0.39, 0.29) is 11.4 Å². The second kappa shape index (κ2) is 6.40. The van der Waals surface area contributed by atoms with E-state index in [2.05, 4.69) is 5.32 Å². The van der Waals surface area contributed by atoms with Crippen LogP contribution >= 0.6 is 0 Å². The number of anilines is 1. The van der Waals surface area contributed by atoms with Crippen LogP contribution in [0.1, 0.15) is 20.8 Å². The molecule has 138 valence electrons. The van der Waals surface area contributed by atoms with Gasteiger partial charge in [-0.15, -0.1) is 0 Å². The van der Waals surface area contributed by atoms with Gasteiger partial charge in [-0.05, 0) is 36.8 Å². The van der Waals surface area contributed by atoms with Crippen LogP contribution in [0.15, 0.2) is 47.4 Å². The third-order valence-corrected chi connectivity index (χ3v) is 4.33.